The van der Waals surface area contributed by atoms with Crippen molar-refractivity contribution in [2.75, 3.05) is 14.2 Å². The molecule has 1 heterocycles. The first-order valence-electron chi connectivity index (χ1n) is 9.78. The van der Waals surface area contributed by atoms with E-state index in [2.05, 4.69) is 11.1 Å². The van der Waals surface area contributed by atoms with Crippen LogP contribution in [0.3, 0.4) is 0 Å². The Labute approximate surface area is 181 Å². The van der Waals surface area contributed by atoms with Gasteiger partial charge in [0.25, 0.3) is 0 Å². The van der Waals surface area contributed by atoms with Gasteiger partial charge in [-0.2, -0.15) is 5.26 Å². The molecule has 5 heteroatoms. The highest BCUT2D eigenvalue weighted by atomic mass is 16.5. The molecule has 0 aliphatic heterocycles. The number of ether oxygens (including phenoxy) is 2. The van der Waals surface area contributed by atoms with Gasteiger partial charge in [0.2, 0.25) is 0 Å². The molecule has 0 saturated carbocycles. The third-order valence-electron chi connectivity index (χ3n) is 4.93. The van der Waals surface area contributed by atoms with Crippen LogP contribution in [0.1, 0.15) is 11.4 Å². The number of nitriles is 1. The Morgan fingerprint density at radius 3 is 1.97 bits per heavy atom. The number of allylic oxidation sites excluding steroid dienone is 1. The third-order valence-corrected chi connectivity index (χ3v) is 4.93. The molecule has 0 spiro atoms. The summed E-state index contributed by atoms with van der Waals surface area (Å²) in [5.41, 5.74) is 4.86. The Kier molecular flexibility index (Phi) is 5.82. The first-order valence-corrected chi connectivity index (χ1v) is 9.78. The second-order valence-electron chi connectivity index (χ2n) is 6.85. The number of benzene rings is 3. The first kappa shape index (κ1) is 20.0. The third kappa shape index (κ3) is 4.34. The fourth-order valence-electron chi connectivity index (χ4n) is 3.29. The minimum Gasteiger partial charge on any atom is -0.497 e. The minimum absolute atomic E-state index is 0.459. The summed E-state index contributed by atoms with van der Waals surface area (Å²) < 4.78 is 10.6. The van der Waals surface area contributed by atoms with E-state index in [1.807, 2.05) is 84.9 Å². The van der Waals surface area contributed by atoms with Gasteiger partial charge in [-0.1, -0.05) is 30.3 Å². The summed E-state index contributed by atoms with van der Waals surface area (Å²) >= 11 is 0. The van der Waals surface area contributed by atoms with E-state index in [0.29, 0.717) is 11.4 Å². The van der Waals surface area contributed by atoms with Crippen molar-refractivity contribution >= 4 is 11.6 Å². The van der Waals surface area contributed by atoms with E-state index in [-0.39, 0.29) is 0 Å². The SMILES string of the molecule is COc1ccc(-c2nc(/C(C#N)=C/c3ccccc3)[nH]c2-c2ccc(OC)cc2)cc1. The Balaban J connectivity index is 1.84. The van der Waals surface area contributed by atoms with Crippen LogP contribution in [0.4, 0.5) is 0 Å². The highest BCUT2D eigenvalue weighted by molar-refractivity contribution is 5.90. The van der Waals surface area contributed by atoms with Crippen molar-refractivity contribution < 1.29 is 9.47 Å². The molecule has 3 aromatic carbocycles. The second-order valence-corrected chi connectivity index (χ2v) is 6.85. The van der Waals surface area contributed by atoms with E-state index < -0.39 is 0 Å². The second kappa shape index (κ2) is 9.02. The highest BCUT2D eigenvalue weighted by Gasteiger charge is 2.17. The standard InChI is InChI=1S/C26H21N3O2/c1-30-22-12-8-19(9-13-22)24-25(20-10-14-23(31-2)15-11-20)29-26(28-24)21(17-27)16-18-6-4-3-5-7-18/h3-16H,1-2H3,(H,28,29)/b21-16+. The molecule has 31 heavy (non-hydrogen) atoms. The molecule has 5 nitrogen and oxygen atoms in total. The van der Waals surface area contributed by atoms with Crippen LogP contribution in [-0.4, -0.2) is 24.2 Å². The number of aromatic amines is 1. The molecule has 0 fully saturated rings. The van der Waals surface area contributed by atoms with Crippen molar-refractivity contribution in [3.63, 3.8) is 0 Å². The molecular weight excluding hydrogens is 386 g/mol. The summed E-state index contributed by atoms with van der Waals surface area (Å²) in [5.74, 6) is 2.06. The van der Waals surface area contributed by atoms with Crippen LogP contribution >= 0.6 is 0 Å². The van der Waals surface area contributed by atoms with Crippen molar-refractivity contribution in [3.8, 4) is 40.1 Å². The van der Waals surface area contributed by atoms with Crippen LogP contribution in [0.5, 0.6) is 11.5 Å². The maximum Gasteiger partial charge on any atom is 0.149 e. The summed E-state index contributed by atoms with van der Waals surface area (Å²) in [6, 6.07) is 27.4. The lowest BCUT2D eigenvalue weighted by atomic mass is 10.0. The summed E-state index contributed by atoms with van der Waals surface area (Å²) in [6.45, 7) is 0. The predicted octanol–water partition coefficient (Wildman–Crippen LogP) is 5.83. The highest BCUT2D eigenvalue weighted by Crippen LogP contribution is 2.33. The molecule has 1 N–H and O–H groups in total. The van der Waals surface area contributed by atoms with Gasteiger partial charge in [-0.25, -0.2) is 4.98 Å². The average Bonchev–Trinajstić information content (AvgIpc) is 3.28. The molecule has 0 radical (unpaired) electrons. The van der Waals surface area contributed by atoms with E-state index >= 15 is 0 Å². The zero-order valence-electron chi connectivity index (χ0n) is 17.3. The topological polar surface area (TPSA) is 70.9 Å². The van der Waals surface area contributed by atoms with Crippen LogP contribution in [-0.2, 0) is 0 Å². The summed E-state index contributed by atoms with van der Waals surface area (Å²) in [7, 11) is 3.28. The van der Waals surface area contributed by atoms with Crippen molar-refractivity contribution in [2.45, 2.75) is 0 Å². The van der Waals surface area contributed by atoms with Crippen molar-refractivity contribution in [2.24, 2.45) is 0 Å². The zero-order valence-corrected chi connectivity index (χ0v) is 17.3. The Morgan fingerprint density at radius 2 is 1.42 bits per heavy atom. The molecule has 0 unspecified atom stereocenters. The number of H-pyrrole nitrogens is 1. The fourth-order valence-corrected chi connectivity index (χ4v) is 3.29. The number of hydrogen-bond donors (Lipinski definition) is 1. The van der Waals surface area contributed by atoms with Crippen molar-refractivity contribution in [1.29, 1.82) is 5.26 Å². The van der Waals surface area contributed by atoms with Crippen LogP contribution in [0.2, 0.25) is 0 Å². The van der Waals surface area contributed by atoms with Crippen LogP contribution in [0.15, 0.2) is 78.9 Å². The molecule has 0 atom stereocenters. The Bertz CT molecular complexity index is 1170. The maximum atomic E-state index is 9.81. The number of rotatable bonds is 6. The fraction of sp³-hybridized carbons (Fsp3) is 0.0769. The van der Waals surface area contributed by atoms with Gasteiger partial charge in [-0.3, -0.25) is 0 Å². The molecule has 1 aromatic heterocycles. The van der Waals surface area contributed by atoms with Gasteiger partial charge in [-0.15, -0.1) is 0 Å². The molecule has 152 valence electrons. The van der Waals surface area contributed by atoms with Gasteiger partial charge in [-0.05, 0) is 60.2 Å². The number of imidazole rings is 1. The van der Waals surface area contributed by atoms with E-state index in [0.717, 1.165) is 39.6 Å². The summed E-state index contributed by atoms with van der Waals surface area (Å²) in [5, 5.41) is 9.81. The monoisotopic (exact) mass is 407 g/mol. The predicted molar refractivity (Wildman–Crippen MR) is 122 cm³/mol. The minimum atomic E-state index is 0.459. The molecule has 0 bridgehead atoms. The maximum absolute atomic E-state index is 9.81. The lowest BCUT2D eigenvalue weighted by Gasteiger charge is -2.06. The normalized spacial score (nSPS) is 11.1. The van der Waals surface area contributed by atoms with Gasteiger partial charge in [0.15, 0.2) is 0 Å². The lowest BCUT2D eigenvalue weighted by molar-refractivity contribution is 0.414. The number of methoxy groups -OCH3 is 2. The summed E-state index contributed by atoms with van der Waals surface area (Å²) in [6.07, 6.45) is 1.83. The van der Waals surface area contributed by atoms with Gasteiger partial charge in [0.1, 0.15) is 23.4 Å². The van der Waals surface area contributed by atoms with E-state index in [1.54, 1.807) is 14.2 Å². The van der Waals surface area contributed by atoms with E-state index in [1.165, 1.54) is 0 Å². The number of aromatic nitrogens is 2. The molecule has 0 aliphatic rings. The van der Waals surface area contributed by atoms with Crippen molar-refractivity contribution in [1.82, 2.24) is 9.97 Å². The molecule has 0 amide bonds. The van der Waals surface area contributed by atoms with Gasteiger partial charge in [0.05, 0.1) is 31.2 Å². The van der Waals surface area contributed by atoms with Gasteiger partial charge >= 0.3 is 0 Å². The molecule has 4 rings (SSSR count). The number of hydrogen-bond acceptors (Lipinski definition) is 4. The molecular formula is C26H21N3O2. The van der Waals surface area contributed by atoms with Crippen LogP contribution in [0, 0.1) is 11.3 Å². The van der Waals surface area contributed by atoms with Gasteiger partial charge in [0, 0.05) is 11.1 Å². The molecule has 0 saturated heterocycles. The lowest BCUT2D eigenvalue weighted by Crippen LogP contribution is -1.87. The Morgan fingerprint density at radius 1 is 0.839 bits per heavy atom. The summed E-state index contributed by atoms with van der Waals surface area (Å²) in [4.78, 5) is 8.16. The molecule has 4 aromatic rings. The average molecular weight is 407 g/mol. The van der Waals surface area contributed by atoms with Crippen molar-refractivity contribution in [3.05, 3.63) is 90.3 Å². The smallest absolute Gasteiger partial charge is 0.149 e. The van der Waals surface area contributed by atoms with Gasteiger partial charge < -0.3 is 14.5 Å². The van der Waals surface area contributed by atoms with Crippen LogP contribution in [0.25, 0.3) is 34.2 Å². The largest absolute Gasteiger partial charge is 0.497 e. The Hall–Kier alpha value is -4.30. The number of nitrogens with zero attached hydrogens (tertiary/aromatic N) is 2. The quantitative estimate of drug-likeness (QED) is 0.409. The number of nitrogens with one attached hydrogen (secondary N) is 1. The first-order chi connectivity index (χ1) is 15.2. The van der Waals surface area contributed by atoms with E-state index in [9.17, 15) is 5.26 Å². The van der Waals surface area contributed by atoms with Crippen LogP contribution < -0.4 is 9.47 Å². The molecule has 0 aliphatic carbocycles. The zero-order chi connectivity index (χ0) is 21.6. The van der Waals surface area contributed by atoms with E-state index in [4.69, 9.17) is 14.5 Å².